The van der Waals surface area contributed by atoms with E-state index in [2.05, 4.69) is 106 Å². The first-order valence-corrected chi connectivity index (χ1v) is 30.6. The van der Waals surface area contributed by atoms with Crippen LogP contribution in [0.2, 0.25) is 0 Å². The number of allylic oxidation sites excluding steroid dienone is 16. The van der Waals surface area contributed by atoms with Gasteiger partial charge in [0.2, 0.25) is 0 Å². The minimum Gasteiger partial charge on any atom is -0.462 e. The Labute approximate surface area is 451 Å². The highest BCUT2D eigenvalue weighted by Gasteiger charge is 2.28. The molecule has 0 aliphatic carbocycles. The average molecular weight is 1060 g/mol. The van der Waals surface area contributed by atoms with Gasteiger partial charge in [0.1, 0.15) is 12.7 Å². The quantitative estimate of drug-likeness (QED) is 0.0197. The van der Waals surface area contributed by atoms with Crippen LogP contribution in [0.3, 0.4) is 0 Å². The number of hydrogen-bond donors (Lipinski definition) is 2. The summed E-state index contributed by atoms with van der Waals surface area (Å²) < 4.78 is 39.4. The van der Waals surface area contributed by atoms with Crippen LogP contribution in [-0.4, -0.2) is 66.5 Å². The molecule has 0 amide bonds. The van der Waals surface area contributed by atoms with Crippen molar-refractivity contribution in [3.05, 3.63) is 97.2 Å². The van der Waals surface area contributed by atoms with Gasteiger partial charge in [0.05, 0.1) is 19.8 Å². The molecule has 12 heteroatoms. The number of carbonyl (C=O) groups is 3. The van der Waals surface area contributed by atoms with Gasteiger partial charge in [-0.05, 0) is 109 Å². The maximum atomic E-state index is 12.9. The molecular formula is C62H105O11P. The smallest absolute Gasteiger partial charge is 0.462 e. The van der Waals surface area contributed by atoms with Gasteiger partial charge in [0.25, 0.3) is 0 Å². The number of unbranched alkanes of at least 4 members (excludes halogenated alkanes) is 20. The first-order chi connectivity index (χ1) is 36.2. The molecule has 0 fully saturated rings. The van der Waals surface area contributed by atoms with E-state index in [9.17, 15) is 28.9 Å². The first kappa shape index (κ1) is 70.4. The van der Waals surface area contributed by atoms with Crippen LogP contribution < -0.4 is 0 Å². The van der Waals surface area contributed by atoms with Crippen molar-refractivity contribution in [2.45, 2.75) is 251 Å². The Bertz CT molecular complexity index is 1610. The predicted octanol–water partition coefficient (Wildman–Crippen LogP) is 17.3. The molecule has 2 N–H and O–H groups in total. The van der Waals surface area contributed by atoms with Gasteiger partial charge in [-0.2, -0.15) is 0 Å². The number of aliphatic hydroxyl groups excluding tert-OH is 1. The maximum Gasteiger partial charge on any atom is 0.472 e. The summed E-state index contributed by atoms with van der Waals surface area (Å²) in [5.74, 6) is -1.59. The third-order valence-corrected chi connectivity index (χ3v) is 12.9. The summed E-state index contributed by atoms with van der Waals surface area (Å²) in [5.41, 5.74) is 0. The summed E-state index contributed by atoms with van der Waals surface area (Å²) in [6, 6.07) is 0. The van der Waals surface area contributed by atoms with Crippen LogP contribution in [0.4, 0.5) is 0 Å². The number of hydrogen-bond acceptors (Lipinski definition) is 10. The molecule has 11 nitrogen and oxygen atoms in total. The van der Waals surface area contributed by atoms with Gasteiger partial charge < -0.3 is 24.2 Å². The summed E-state index contributed by atoms with van der Waals surface area (Å²) in [5, 5.41) is 9.80. The van der Waals surface area contributed by atoms with Crippen LogP contribution >= 0.6 is 7.82 Å². The molecule has 424 valence electrons. The highest BCUT2D eigenvalue weighted by atomic mass is 31.2. The highest BCUT2D eigenvalue weighted by molar-refractivity contribution is 7.47. The first-order valence-electron chi connectivity index (χ1n) is 29.1. The van der Waals surface area contributed by atoms with E-state index in [0.29, 0.717) is 19.3 Å². The van der Waals surface area contributed by atoms with Crippen LogP contribution in [0, 0.1) is 0 Å². The van der Waals surface area contributed by atoms with Crippen LogP contribution in [0.25, 0.3) is 0 Å². The van der Waals surface area contributed by atoms with Gasteiger partial charge >= 0.3 is 25.7 Å². The molecule has 0 aromatic heterocycles. The minimum absolute atomic E-state index is 0.0959. The third kappa shape index (κ3) is 53.2. The second-order valence-electron chi connectivity index (χ2n) is 19.1. The number of esters is 3. The Morgan fingerprint density at radius 1 is 0.392 bits per heavy atom. The topological polar surface area (TPSA) is 155 Å². The number of carbonyl (C=O) groups excluding carboxylic acids is 3. The van der Waals surface area contributed by atoms with Crippen molar-refractivity contribution in [2.24, 2.45) is 0 Å². The molecule has 3 unspecified atom stereocenters. The summed E-state index contributed by atoms with van der Waals surface area (Å²) in [6.45, 7) is 4.41. The minimum atomic E-state index is -4.77. The Balaban J connectivity index is 4.85. The maximum absolute atomic E-state index is 12.9. The number of ether oxygens (including phenoxy) is 3. The summed E-state index contributed by atoms with van der Waals surface area (Å²) >= 11 is 0. The van der Waals surface area contributed by atoms with Crippen molar-refractivity contribution in [1.29, 1.82) is 0 Å². The molecule has 3 atom stereocenters. The van der Waals surface area contributed by atoms with Gasteiger partial charge in [-0.1, -0.05) is 208 Å². The Morgan fingerprint density at radius 2 is 0.730 bits per heavy atom. The van der Waals surface area contributed by atoms with E-state index < -0.39 is 57.8 Å². The zero-order chi connectivity index (χ0) is 54.1. The SMILES string of the molecule is CC/C=C\C/C=C\C/C=C\C/C=C\C/C=C\C/C=C\CCC(=O)OCC(COP(=O)(O)OCC(CO)OC(=O)CCCCCCC/C=C\CCCCCC)OC(=O)CCCCCCC/C=C\CCCCCCCC. The van der Waals surface area contributed by atoms with E-state index in [-0.39, 0.29) is 25.9 Å². The molecule has 0 aromatic carbocycles. The second kappa shape index (κ2) is 55.6. The fraction of sp³-hybridized carbons (Fsp3) is 0.694. The standard InChI is InChI=1S/C62H105O11P/c1-4-7-10-13-16-19-22-25-27-28-29-30-32-34-36-39-42-45-48-51-60(64)69-55-59(73-62(66)53-50-47-44-41-38-35-31-26-23-20-17-14-11-8-5-2)57-71-74(67,68)70-56-58(54-63)72-61(65)52-49-46-43-40-37-33-24-21-18-15-12-9-6-3/h7,10,16,19,21,24-27,29-31,34,36,42,45,58-59,63H,4-6,8-9,11-15,17-18,20,22-23,28,32-33,35,37-41,43-44,46-57H2,1-3H3,(H,67,68)/b10-7-,19-16-,24-21-,27-25-,30-29-,31-26-,36-34-,45-42-. The van der Waals surface area contributed by atoms with Crippen molar-refractivity contribution in [3.63, 3.8) is 0 Å². The Kier molecular flexibility index (Phi) is 52.9. The molecule has 0 bridgehead atoms. The number of phosphoric ester groups is 1. The van der Waals surface area contributed by atoms with Crippen molar-refractivity contribution >= 4 is 25.7 Å². The summed E-state index contributed by atoms with van der Waals surface area (Å²) in [4.78, 5) is 48.5. The van der Waals surface area contributed by atoms with Crippen molar-refractivity contribution in [3.8, 4) is 0 Å². The highest BCUT2D eigenvalue weighted by Crippen LogP contribution is 2.43. The zero-order valence-corrected chi connectivity index (χ0v) is 47.7. The number of phosphoric acid groups is 1. The van der Waals surface area contributed by atoms with Crippen LogP contribution in [0.5, 0.6) is 0 Å². The van der Waals surface area contributed by atoms with E-state index in [1.165, 1.54) is 64.2 Å². The number of aliphatic hydroxyl groups is 1. The van der Waals surface area contributed by atoms with Crippen molar-refractivity contribution in [1.82, 2.24) is 0 Å². The average Bonchev–Trinajstić information content (AvgIpc) is 3.39. The van der Waals surface area contributed by atoms with Crippen LogP contribution in [0.1, 0.15) is 239 Å². The van der Waals surface area contributed by atoms with Gasteiger partial charge in [-0.15, -0.1) is 0 Å². The fourth-order valence-corrected chi connectivity index (χ4v) is 8.33. The van der Waals surface area contributed by atoms with Gasteiger partial charge in [-0.3, -0.25) is 23.4 Å². The Morgan fingerprint density at radius 3 is 1.15 bits per heavy atom. The largest absolute Gasteiger partial charge is 0.472 e. The zero-order valence-electron chi connectivity index (χ0n) is 46.8. The van der Waals surface area contributed by atoms with Crippen LogP contribution in [-0.2, 0) is 42.2 Å². The Hall–Kier alpha value is -3.60. The molecule has 0 aliphatic heterocycles. The lowest BCUT2D eigenvalue weighted by atomic mass is 10.1. The van der Waals surface area contributed by atoms with E-state index in [0.717, 1.165) is 116 Å². The lowest BCUT2D eigenvalue weighted by molar-refractivity contribution is -0.161. The molecular weight excluding hydrogens is 952 g/mol. The van der Waals surface area contributed by atoms with E-state index >= 15 is 0 Å². The molecule has 0 spiro atoms. The summed E-state index contributed by atoms with van der Waals surface area (Å²) in [7, 11) is -4.77. The predicted molar refractivity (Wildman–Crippen MR) is 307 cm³/mol. The van der Waals surface area contributed by atoms with E-state index in [1.807, 2.05) is 12.2 Å². The number of rotatable bonds is 53. The summed E-state index contributed by atoms with van der Waals surface area (Å²) in [6.07, 6.45) is 65.2. The lowest BCUT2D eigenvalue weighted by Gasteiger charge is -2.21. The molecule has 0 saturated carbocycles. The van der Waals surface area contributed by atoms with Gasteiger partial charge in [0.15, 0.2) is 6.10 Å². The van der Waals surface area contributed by atoms with Crippen LogP contribution in [0.15, 0.2) is 97.2 Å². The van der Waals surface area contributed by atoms with E-state index in [4.69, 9.17) is 23.3 Å². The normalized spacial score (nSPS) is 14.1. The molecule has 0 saturated heterocycles. The molecule has 74 heavy (non-hydrogen) atoms. The third-order valence-electron chi connectivity index (χ3n) is 12.0. The molecule has 0 heterocycles. The van der Waals surface area contributed by atoms with E-state index in [1.54, 1.807) is 0 Å². The second-order valence-corrected chi connectivity index (χ2v) is 20.5. The fourth-order valence-electron chi connectivity index (χ4n) is 7.55. The van der Waals surface area contributed by atoms with Crippen molar-refractivity contribution in [2.75, 3.05) is 26.4 Å². The lowest BCUT2D eigenvalue weighted by Crippen LogP contribution is -2.30. The van der Waals surface area contributed by atoms with Crippen molar-refractivity contribution < 1.29 is 52.2 Å². The molecule has 0 radical (unpaired) electrons. The molecule has 0 aromatic rings. The molecule has 0 rings (SSSR count). The van der Waals surface area contributed by atoms with Gasteiger partial charge in [-0.25, -0.2) is 4.57 Å². The van der Waals surface area contributed by atoms with Gasteiger partial charge in [0, 0.05) is 19.3 Å². The monoisotopic (exact) mass is 1060 g/mol. The molecule has 0 aliphatic rings.